The summed E-state index contributed by atoms with van der Waals surface area (Å²) in [6.07, 6.45) is 7.60. The molecule has 0 radical (unpaired) electrons. The number of alkyl halides is 2. The summed E-state index contributed by atoms with van der Waals surface area (Å²) in [5, 5.41) is 3.05. The van der Waals surface area contributed by atoms with E-state index in [0.717, 1.165) is 17.8 Å². The van der Waals surface area contributed by atoms with Gasteiger partial charge in [0.25, 0.3) is 5.91 Å². The number of ether oxygens (including phenoxy) is 2. The van der Waals surface area contributed by atoms with Crippen molar-refractivity contribution in [3.63, 3.8) is 0 Å². The minimum Gasteiger partial charge on any atom is -0.452 e. The lowest BCUT2D eigenvalue weighted by Gasteiger charge is -2.59. The predicted octanol–water partition coefficient (Wildman–Crippen LogP) is 4.17. The molecule has 0 heterocycles. The molecular formula is C22H27F2NO4. The zero-order chi connectivity index (χ0) is 20.6. The Kier molecular flexibility index (Phi) is 5.49. The van der Waals surface area contributed by atoms with Gasteiger partial charge >= 0.3 is 12.6 Å². The zero-order valence-electron chi connectivity index (χ0n) is 16.5. The minimum absolute atomic E-state index is 0.0429. The van der Waals surface area contributed by atoms with Crippen LogP contribution < -0.4 is 10.1 Å². The monoisotopic (exact) mass is 407 g/mol. The van der Waals surface area contributed by atoms with E-state index < -0.39 is 12.6 Å². The Morgan fingerprint density at radius 1 is 1.07 bits per heavy atom. The van der Waals surface area contributed by atoms with Crippen molar-refractivity contribution in [1.82, 2.24) is 5.32 Å². The van der Waals surface area contributed by atoms with Crippen LogP contribution in [0, 0.1) is 23.2 Å². The molecule has 0 aliphatic heterocycles. The second kappa shape index (κ2) is 7.92. The molecule has 1 aromatic carbocycles. The van der Waals surface area contributed by atoms with Gasteiger partial charge in [-0.3, -0.25) is 4.79 Å². The van der Waals surface area contributed by atoms with E-state index in [9.17, 15) is 18.4 Å². The molecular weight excluding hydrogens is 380 g/mol. The van der Waals surface area contributed by atoms with Gasteiger partial charge < -0.3 is 14.8 Å². The number of nitrogens with one attached hydrogen (secondary N) is 1. The highest BCUT2D eigenvalue weighted by Gasteiger charge is 2.53. The summed E-state index contributed by atoms with van der Waals surface area (Å²) in [7, 11) is 0. The molecule has 0 spiro atoms. The number of hydrogen-bond acceptors (Lipinski definition) is 4. The molecule has 4 aliphatic carbocycles. The first kappa shape index (κ1) is 20.1. The molecule has 29 heavy (non-hydrogen) atoms. The molecule has 5 rings (SSSR count). The molecule has 4 fully saturated rings. The van der Waals surface area contributed by atoms with Crippen molar-refractivity contribution in [3.05, 3.63) is 29.8 Å². The molecule has 1 amide bonds. The largest absolute Gasteiger partial charge is 0.452 e. The van der Waals surface area contributed by atoms with Crippen LogP contribution in [-0.2, 0) is 9.53 Å². The summed E-state index contributed by atoms with van der Waals surface area (Å²) in [6.45, 7) is -1.20. The lowest BCUT2D eigenvalue weighted by Crippen LogP contribution is -2.56. The fraction of sp³-hybridized carbons (Fsp3) is 0.636. The van der Waals surface area contributed by atoms with Gasteiger partial charge in [0, 0.05) is 6.04 Å². The van der Waals surface area contributed by atoms with Gasteiger partial charge in [0.1, 0.15) is 5.75 Å². The zero-order valence-corrected chi connectivity index (χ0v) is 16.5. The van der Waals surface area contributed by atoms with Crippen LogP contribution >= 0.6 is 0 Å². The summed E-state index contributed by atoms with van der Waals surface area (Å²) in [5.74, 6) is 1.38. The van der Waals surface area contributed by atoms with E-state index in [1.165, 1.54) is 62.8 Å². The molecule has 0 unspecified atom stereocenters. The van der Waals surface area contributed by atoms with Crippen LogP contribution in [0.3, 0.4) is 0 Å². The van der Waals surface area contributed by atoms with Gasteiger partial charge in [0.2, 0.25) is 0 Å². The van der Waals surface area contributed by atoms with E-state index >= 15 is 0 Å². The summed E-state index contributed by atoms with van der Waals surface area (Å²) in [5.41, 5.74) is 0.364. The summed E-state index contributed by atoms with van der Waals surface area (Å²) in [6, 6.07) is 5.25. The van der Waals surface area contributed by atoms with Gasteiger partial charge in [-0.25, -0.2) is 4.79 Å². The maximum atomic E-state index is 12.4. The van der Waals surface area contributed by atoms with Crippen molar-refractivity contribution in [2.75, 3.05) is 6.61 Å². The fourth-order valence-electron chi connectivity index (χ4n) is 6.13. The van der Waals surface area contributed by atoms with Crippen LogP contribution in [0.15, 0.2) is 24.3 Å². The van der Waals surface area contributed by atoms with Crippen molar-refractivity contribution >= 4 is 11.9 Å². The SMILES string of the molecule is C[C@@H](NC(=O)COC(=O)c1ccc(OC(F)F)cc1)C12CC3CC(CC(C3)C1)C2. The third-order valence-corrected chi connectivity index (χ3v) is 7.03. The molecule has 0 saturated heterocycles. The van der Waals surface area contributed by atoms with Gasteiger partial charge in [-0.1, -0.05) is 0 Å². The van der Waals surface area contributed by atoms with Crippen molar-refractivity contribution < 1.29 is 27.8 Å². The molecule has 4 aliphatic rings. The van der Waals surface area contributed by atoms with E-state index in [0.29, 0.717) is 0 Å². The lowest BCUT2D eigenvalue weighted by atomic mass is 9.48. The number of rotatable bonds is 7. The Morgan fingerprint density at radius 2 is 1.62 bits per heavy atom. The van der Waals surface area contributed by atoms with Gasteiger partial charge in [-0.05, 0) is 92.9 Å². The van der Waals surface area contributed by atoms with Crippen molar-refractivity contribution in [2.45, 2.75) is 58.1 Å². The first-order chi connectivity index (χ1) is 13.8. The van der Waals surface area contributed by atoms with E-state index in [1.54, 1.807) is 0 Å². The van der Waals surface area contributed by atoms with Gasteiger partial charge in [0.15, 0.2) is 6.61 Å². The third-order valence-electron chi connectivity index (χ3n) is 7.03. The Balaban J connectivity index is 1.27. The van der Waals surface area contributed by atoms with Crippen LogP contribution in [0.5, 0.6) is 5.75 Å². The lowest BCUT2D eigenvalue weighted by molar-refractivity contribution is -0.128. The van der Waals surface area contributed by atoms with Crippen molar-refractivity contribution in [3.8, 4) is 5.75 Å². The van der Waals surface area contributed by atoms with Crippen molar-refractivity contribution in [1.29, 1.82) is 0 Å². The molecule has 5 nitrogen and oxygen atoms in total. The quantitative estimate of drug-likeness (QED) is 0.689. The Hall–Kier alpha value is -2.18. The van der Waals surface area contributed by atoms with Gasteiger partial charge in [-0.15, -0.1) is 0 Å². The number of esters is 1. The average Bonchev–Trinajstić information content (AvgIpc) is 2.65. The second-order valence-electron chi connectivity index (χ2n) is 9.05. The van der Waals surface area contributed by atoms with Crippen molar-refractivity contribution in [2.24, 2.45) is 23.2 Å². The number of carbonyl (C=O) groups is 2. The maximum Gasteiger partial charge on any atom is 0.387 e. The number of benzene rings is 1. The topological polar surface area (TPSA) is 64.6 Å². The summed E-state index contributed by atoms with van der Waals surface area (Å²) in [4.78, 5) is 24.5. The molecule has 1 aromatic rings. The van der Waals surface area contributed by atoms with E-state index in [-0.39, 0.29) is 35.3 Å². The second-order valence-corrected chi connectivity index (χ2v) is 9.05. The normalized spacial score (nSPS) is 30.8. The van der Waals surface area contributed by atoms with E-state index in [2.05, 4.69) is 17.0 Å². The Labute approximate surface area is 169 Å². The number of carbonyl (C=O) groups excluding carboxylic acids is 2. The molecule has 158 valence electrons. The third kappa shape index (κ3) is 4.38. The van der Waals surface area contributed by atoms with Crippen LogP contribution in [0.25, 0.3) is 0 Å². The number of amides is 1. The average molecular weight is 407 g/mol. The van der Waals surface area contributed by atoms with Crippen LogP contribution in [0.1, 0.15) is 55.8 Å². The molecule has 1 atom stereocenters. The molecule has 4 saturated carbocycles. The molecule has 0 aromatic heterocycles. The van der Waals surface area contributed by atoms with E-state index in [1.807, 2.05) is 0 Å². The van der Waals surface area contributed by atoms with Gasteiger partial charge in [-0.2, -0.15) is 8.78 Å². The molecule has 1 N–H and O–H groups in total. The highest BCUT2D eigenvalue weighted by Crippen LogP contribution is 2.61. The Morgan fingerprint density at radius 3 is 2.14 bits per heavy atom. The number of halogens is 2. The molecule has 7 heteroatoms. The van der Waals surface area contributed by atoms with E-state index in [4.69, 9.17) is 4.74 Å². The Bertz CT molecular complexity index is 729. The van der Waals surface area contributed by atoms with Crippen LogP contribution in [0.4, 0.5) is 8.78 Å². The van der Waals surface area contributed by atoms with Crippen LogP contribution in [-0.4, -0.2) is 31.1 Å². The first-order valence-corrected chi connectivity index (χ1v) is 10.3. The summed E-state index contributed by atoms with van der Waals surface area (Å²) < 4.78 is 33.7. The highest BCUT2D eigenvalue weighted by molar-refractivity contribution is 5.91. The standard InChI is InChI=1S/C22H27F2NO4/c1-13(22-9-14-6-15(10-22)8-16(7-14)11-22)25-19(26)12-28-20(27)17-2-4-18(5-3-17)29-21(23)24/h2-5,13-16,21H,6-12H2,1H3,(H,25,26)/t13-,14?,15?,16?,22?/m1/s1. The fourth-order valence-corrected chi connectivity index (χ4v) is 6.13. The molecule has 4 bridgehead atoms. The maximum absolute atomic E-state index is 12.4. The van der Waals surface area contributed by atoms with Gasteiger partial charge in [0.05, 0.1) is 5.56 Å². The predicted molar refractivity (Wildman–Crippen MR) is 102 cm³/mol. The van der Waals surface area contributed by atoms with Crippen LogP contribution in [0.2, 0.25) is 0 Å². The first-order valence-electron chi connectivity index (χ1n) is 10.3. The minimum atomic E-state index is -2.92. The summed E-state index contributed by atoms with van der Waals surface area (Å²) >= 11 is 0. The smallest absolute Gasteiger partial charge is 0.387 e. The highest BCUT2D eigenvalue weighted by atomic mass is 19.3. The number of hydrogen-bond donors (Lipinski definition) is 1.